The normalized spacial score (nSPS) is 21.5. The van der Waals surface area contributed by atoms with E-state index in [1.807, 2.05) is 11.6 Å². The predicted octanol–water partition coefficient (Wildman–Crippen LogP) is 2.11. The number of hydrogen-bond donors (Lipinski definition) is 2. The van der Waals surface area contributed by atoms with Crippen LogP contribution in [0.3, 0.4) is 0 Å². The van der Waals surface area contributed by atoms with Crippen molar-refractivity contribution in [2.75, 3.05) is 13.1 Å². The summed E-state index contributed by atoms with van der Waals surface area (Å²) in [5.41, 5.74) is 0.00672. The lowest BCUT2D eigenvalue weighted by Crippen LogP contribution is -2.39. The fourth-order valence-corrected chi connectivity index (χ4v) is 2.91. The van der Waals surface area contributed by atoms with E-state index in [0.29, 0.717) is 0 Å². The standard InChI is InChI=1S/C12H21N3S/c1-12(2,11-14-8-9-16-11)15-7-5-10-4-3-6-13-10/h8-10,13,15H,3-7H2,1-2H3. The highest BCUT2D eigenvalue weighted by Crippen LogP contribution is 2.22. The summed E-state index contributed by atoms with van der Waals surface area (Å²) in [5, 5.41) is 10.3. The highest BCUT2D eigenvalue weighted by atomic mass is 32.1. The number of aromatic nitrogens is 1. The molecule has 1 unspecified atom stereocenters. The van der Waals surface area contributed by atoms with E-state index in [4.69, 9.17) is 0 Å². The second kappa shape index (κ2) is 5.25. The van der Waals surface area contributed by atoms with Gasteiger partial charge in [-0.2, -0.15) is 0 Å². The Hall–Kier alpha value is -0.450. The van der Waals surface area contributed by atoms with Gasteiger partial charge in [0.05, 0.1) is 5.54 Å². The number of hydrogen-bond acceptors (Lipinski definition) is 4. The molecule has 2 N–H and O–H groups in total. The Balaban J connectivity index is 1.76. The van der Waals surface area contributed by atoms with Gasteiger partial charge in [-0.25, -0.2) is 4.98 Å². The molecule has 0 aromatic carbocycles. The van der Waals surface area contributed by atoms with E-state index >= 15 is 0 Å². The summed E-state index contributed by atoms with van der Waals surface area (Å²) in [4.78, 5) is 4.38. The number of nitrogens with zero attached hydrogens (tertiary/aromatic N) is 1. The van der Waals surface area contributed by atoms with E-state index in [2.05, 4.69) is 29.5 Å². The first-order valence-electron chi connectivity index (χ1n) is 6.07. The second-order valence-electron chi connectivity index (χ2n) is 4.97. The van der Waals surface area contributed by atoms with Crippen LogP contribution in [0.4, 0.5) is 0 Å². The minimum Gasteiger partial charge on any atom is -0.314 e. The number of rotatable bonds is 5. The molecule has 1 saturated heterocycles. The van der Waals surface area contributed by atoms with Crippen LogP contribution in [0.15, 0.2) is 11.6 Å². The van der Waals surface area contributed by atoms with E-state index < -0.39 is 0 Å². The van der Waals surface area contributed by atoms with Gasteiger partial charge in [0, 0.05) is 17.6 Å². The molecule has 1 aromatic rings. The molecule has 1 atom stereocenters. The van der Waals surface area contributed by atoms with Crippen LogP contribution in [-0.4, -0.2) is 24.1 Å². The van der Waals surface area contributed by atoms with Gasteiger partial charge in [-0.1, -0.05) is 0 Å². The molecule has 3 nitrogen and oxygen atoms in total. The van der Waals surface area contributed by atoms with Crippen molar-refractivity contribution in [2.24, 2.45) is 0 Å². The van der Waals surface area contributed by atoms with Gasteiger partial charge in [0.15, 0.2) is 0 Å². The summed E-state index contributed by atoms with van der Waals surface area (Å²) >= 11 is 1.72. The summed E-state index contributed by atoms with van der Waals surface area (Å²) < 4.78 is 0. The summed E-state index contributed by atoms with van der Waals surface area (Å²) in [6, 6.07) is 0.722. The van der Waals surface area contributed by atoms with Crippen LogP contribution >= 0.6 is 11.3 Å². The molecule has 0 aliphatic carbocycles. The van der Waals surface area contributed by atoms with E-state index in [0.717, 1.165) is 12.6 Å². The largest absolute Gasteiger partial charge is 0.314 e. The number of thiazole rings is 1. The molecule has 4 heteroatoms. The van der Waals surface area contributed by atoms with Crippen LogP contribution in [-0.2, 0) is 5.54 Å². The minimum atomic E-state index is 0.00672. The first-order chi connectivity index (χ1) is 7.68. The summed E-state index contributed by atoms with van der Waals surface area (Å²) in [6.45, 7) is 6.66. The van der Waals surface area contributed by atoms with Gasteiger partial charge in [-0.3, -0.25) is 0 Å². The Morgan fingerprint density at radius 1 is 1.62 bits per heavy atom. The molecule has 16 heavy (non-hydrogen) atoms. The summed E-state index contributed by atoms with van der Waals surface area (Å²) in [6.07, 6.45) is 5.76. The van der Waals surface area contributed by atoms with Gasteiger partial charge < -0.3 is 10.6 Å². The maximum absolute atomic E-state index is 4.38. The Kier molecular flexibility index (Phi) is 3.95. The molecule has 90 valence electrons. The first-order valence-corrected chi connectivity index (χ1v) is 6.95. The van der Waals surface area contributed by atoms with Crippen molar-refractivity contribution in [1.82, 2.24) is 15.6 Å². The molecule has 0 amide bonds. The zero-order valence-electron chi connectivity index (χ0n) is 10.1. The third-order valence-corrected chi connectivity index (χ3v) is 4.29. The van der Waals surface area contributed by atoms with E-state index in [-0.39, 0.29) is 5.54 Å². The SMILES string of the molecule is CC(C)(NCCC1CCCN1)c1nccs1. The van der Waals surface area contributed by atoms with Crippen molar-refractivity contribution >= 4 is 11.3 Å². The molecule has 1 aliphatic heterocycles. The fourth-order valence-electron chi connectivity index (χ4n) is 2.17. The van der Waals surface area contributed by atoms with Crippen LogP contribution in [0.1, 0.15) is 38.1 Å². The molecular weight excluding hydrogens is 218 g/mol. The molecule has 1 aliphatic rings. The predicted molar refractivity (Wildman–Crippen MR) is 68.8 cm³/mol. The third-order valence-electron chi connectivity index (χ3n) is 3.19. The molecule has 2 heterocycles. The van der Waals surface area contributed by atoms with Crippen LogP contribution in [0.25, 0.3) is 0 Å². The molecular formula is C12H21N3S. The Bertz CT molecular complexity index is 302. The Labute approximate surface area is 102 Å². The Morgan fingerprint density at radius 2 is 2.50 bits per heavy atom. The van der Waals surface area contributed by atoms with Crippen molar-refractivity contribution in [3.63, 3.8) is 0 Å². The maximum Gasteiger partial charge on any atom is 0.112 e. The van der Waals surface area contributed by atoms with E-state index in [1.54, 1.807) is 11.3 Å². The van der Waals surface area contributed by atoms with Crippen LogP contribution < -0.4 is 10.6 Å². The first kappa shape index (κ1) is 12.0. The molecule has 0 spiro atoms. The highest BCUT2D eigenvalue weighted by molar-refractivity contribution is 7.09. The molecule has 0 radical (unpaired) electrons. The summed E-state index contributed by atoms with van der Waals surface area (Å²) in [7, 11) is 0. The molecule has 2 rings (SSSR count). The van der Waals surface area contributed by atoms with Crippen molar-refractivity contribution in [2.45, 2.75) is 44.7 Å². The highest BCUT2D eigenvalue weighted by Gasteiger charge is 2.23. The van der Waals surface area contributed by atoms with E-state index in [1.165, 1.54) is 30.8 Å². The van der Waals surface area contributed by atoms with Crippen molar-refractivity contribution in [1.29, 1.82) is 0 Å². The van der Waals surface area contributed by atoms with Gasteiger partial charge >= 0.3 is 0 Å². The molecule has 0 saturated carbocycles. The second-order valence-corrected chi connectivity index (χ2v) is 5.87. The van der Waals surface area contributed by atoms with Gasteiger partial charge in [0.1, 0.15) is 5.01 Å². The topological polar surface area (TPSA) is 37.0 Å². The monoisotopic (exact) mass is 239 g/mol. The molecule has 1 fully saturated rings. The van der Waals surface area contributed by atoms with E-state index in [9.17, 15) is 0 Å². The lowest BCUT2D eigenvalue weighted by molar-refractivity contribution is 0.382. The average Bonchev–Trinajstić information content (AvgIpc) is 2.90. The van der Waals surface area contributed by atoms with Crippen molar-refractivity contribution in [3.05, 3.63) is 16.6 Å². The Morgan fingerprint density at radius 3 is 3.12 bits per heavy atom. The number of nitrogens with one attached hydrogen (secondary N) is 2. The molecule has 1 aromatic heterocycles. The van der Waals surface area contributed by atoms with Crippen LogP contribution in [0.5, 0.6) is 0 Å². The van der Waals surface area contributed by atoms with Crippen LogP contribution in [0, 0.1) is 0 Å². The minimum absolute atomic E-state index is 0.00672. The zero-order chi connectivity index (χ0) is 11.4. The lowest BCUT2D eigenvalue weighted by Gasteiger charge is -2.24. The maximum atomic E-state index is 4.38. The van der Waals surface area contributed by atoms with Gasteiger partial charge in [0.2, 0.25) is 0 Å². The van der Waals surface area contributed by atoms with Gasteiger partial charge in [0.25, 0.3) is 0 Å². The fraction of sp³-hybridized carbons (Fsp3) is 0.750. The smallest absolute Gasteiger partial charge is 0.112 e. The average molecular weight is 239 g/mol. The van der Waals surface area contributed by atoms with Crippen molar-refractivity contribution in [3.8, 4) is 0 Å². The molecule has 0 bridgehead atoms. The summed E-state index contributed by atoms with van der Waals surface area (Å²) in [5.74, 6) is 0. The lowest BCUT2D eigenvalue weighted by atomic mass is 10.1. The van der Waals surface area contributed by atoms with Gasteiger partial charge in [-0.05, 0) is 46.2 Å². The van der Waals surface area contributed by atoms with Crippen molar-refractivity contribution < 1.29 is 0 Å². The third kappa shape index (κ3) is 3.03. The van der Waals surface area contributed by atoms with Gasteiger partial charge in [-0.15, -0.1) is 11.3 Å². The quantitative estimate of drug-likeness (QED) is 0.826. The zero-order valence-corrected chi connectivity index (χ0v) is 10.9. The van der Waals surface area contributed by atoms with Crippen LogP contribution in [0.2, 0.25) is 0 Å².